The Morgan fingerprint density at radius 1 is 0.920 bits per heavy atom. The van der Waals surface area contributed by atoms with Crippen LogP contribution in [0, 0.1) is 24.2 Å². The molecule has 1 aromatic carbocycles. The molecule has 3 atom stereocenters. The summed E-state index contributed by atoms with van der Waals surface area (Å²) in [4.78, 5) is 69.2. The van der Waals surface area contributed by atoms with Crippen LogP contribution in [0.2, 0.25) is 0 Å². The number of carbonyl (C=O) groups is 4. The lowest BCUT2D eigenvalue weighted by Crippen LogP contribution is -2.57. The van der Waals surface area contributed by atoms with E-state index in [1.165, 1.54) is 4.90 Å². The molecule has 0 bridgehead atoms. The third-order valence-corrected chi connectivity index (χ3v) is 13.9. The van der Waals surface area contributed by atoms with E-state index in [1.807, 2.05) is 69.0 Å². The number of nitrogen functional groups attached to an aromatic ring is 1. The van der Waals surface area contributed by atoms with E-state index in [9.17, 15) is 29.4 Å². The van der Waals surface area contributed by atoms with Crippen LogP contribution in [0.5, 0.6) is 5.75 Å². The zero-order valence-electron chi connectivity index (χ0n) is 44.6. The summed E-state index contributed by atoms with van der Waals surface area (Å²) in [6.07, 6.45) is 9.57. The highest BCUT2D eigenvalue weighted by atomic mass is 32.1. The highest BCUT2D eigenvalue weighted by Crippen LogP contribution is 2.34. The molecule has 8 N–H and O–H groups in total. The fourth-order valence-electron chi connectivity index (χ4n) is 8.86. The van der Waals surface area contributed by atoms with Gasteiger partial charge in [0.05, 0.1) is 35.0 Å². The number of amides is 4. The molecular formula is C54H76N12O8S. The van der Waals surface area contributed by atoms with Crippen LogP contribution in [0.3, 0.4) is 0 Å². The molecule has 0 aliphatic carbocycles. The van der Waals surface area contributed by atoms with Crippen LogP contribution < -0.4 is 31.7 Å². The van der Waals surface area contributed by atoms with Crippen molar-refractivity contribution in [2.45, 2.75) is 162 Å². The monoisotopic (exact) mass is 1050 g/mol. The smallest absolute Gasteiger partial charge is 0.246 e. The Morgan fingerprint density at radius 3 is 2.29 bits per heavy atom. The number of β-amino-alcohol motifs (C(OH)–C–C–N with tert-alkyl or cyclic N) is 1. The van der Waals surface area contributed by atoms with Crippen LogP contribution in [0.4, 0.5) is 5.82 Å². The molecule has 406 valence electrons. The van der Waals surface area contributed by atoms with Gasteiger partial charge in [-0.2, -0.15) is 0 Å². The number of aryl methyl sites for hydroxylation is 2. The number of hydrogen-bond donors (Lipinski definition) is 7. The zero-order chi connectivity index (χ0) is 54.1. The summed E-state index contributed by atoms with van der Waals surface area (Å²) >= 11 is 1.58. The van der Waals surface area contributed by atoms with E-state index in [0.29, 0.717) is 98.9 Å². The Balaban J connectivity index is 0.802. The third kappa shape index (κ3) is 16.8. The molecule has 5 aromatic rings. The van der Waals surface area contributed by atoms with Crippen LogP contribution in [-0.4, -0.2) is 125 Å². The number of pyridine rings is 1. The van der Waals surface area contributed by atoms with Gasteiger partial charge in [0, 0.05) is 45.4 Å². The molecular weight excluding hydrogens is 977 g/mol. The van der Waals surface area contributed by atoms with Crippen LogP contribution in [0.15, 0.2) is 40.6 Å². The van der Waals surface area contributed by atoms with Crippen molar-refractivity contribution in [2.24, 2.45) is 5.41 Å². The molecule has 0 spiro atoms. The van der Waals surface area contributed by atoms with E-state index >= 15 is 0 Å². The molecule has 1 fully saturated rings. The molecule has 1 aliphatic heterocycles. The predicted molar refractivity (Wildman–Crippen MR) is 288 cm³/mol. The first-order chi connectivity index (χ1) is 35.8. The van der Waals surface area contributed by atoms with E-state index in [-0.39, 0.29) is 49.0 Å². The normalized spacial score (nSPS) is 15.1. The van der Waals surface area contributed by atoms with Gasteiger partial charge in [0.2, 0.25) is 23.6 Å². The van der Waals surface area contributed by atoms with Crippen molar-refractivity contribution in [1.82, 2.24) is 56.0 Å². The van der Waals surface area contributed by atoms with Crippen molar-refractivity contribution < 1.29 is 38.8 Å². The summed E-state index contributed by atoms with van der Waals surface area (Å²) in [5.41, 5.74) is 10.7. The number of hydrogen-bond acceptors (Lipinski definition) is 16. The fourth-order valence-corrected chi connectivity index (χ4v) is 9.68. The molecule has 4 aromatic heterocycles. The van der Waals surface area contributed by atoms with Gasteiger partial charge in [0.25, 0.3) is 0 Å². The molecule has 1 aliphatic rings. The number of nitrogens with one attached hydrogen (secondary N) is 4. The minimum absolute atomic E-state index is 0.0234. The number of nitrogens with two attached hydrogens (primary N) is 1. The highest BCUT2D eigenvalue weighted by Gasteiger charge is 2.44. The van der Waals surface area contributed by atoms with Gasteiger partial charge in [-0.25, -0.2) is 19.6 Å². The van der Waals surface area contributed by atoms with Crippen molar-refractivity contribution in [1.29, 1.82) is 0 Å². The maximum atomic E-state index is 14.0. The summed E-state index contributed by atoms with van der Waals surface area (Å²) in [6.45, 7) is 16.0. The van der Waals surface area contributed by atoms with Crippen LogP contribution in [0.1, 0.15) is 136 Å². The second-order valence-electron chi connectivity index (χ2n) is 20.7. The number of imidazole rings is 1. The summed E-state index contributed by atoms with van der Waals surface area (Å²) < 4.78 is 12.9. The van der Waals surface area contributed by atoms with Crippen LogP contribution in [0.25, 0.3) is 33.0 Å². The number of aromatic nitrogens is 6. The maximum absolute atomic E-state index is 14.0. The van der Waals surface area contributed by atoms with Gasteiger partial charge in [0.15, 0.2) is 23.1 Å². The molecule has 1 saturated heterocycles. The van der Waals surface area contributed by atoms with E-state index < -0.39 is 29.2 Å². The molecule has 6 rings (SSSR count). The first-order valence-corrected chi connectivity index (χ1v) is 27.1. The molecule has 0 radical (unpaired) electrons. The van der Waals surface area contributed by atoms with Crippen molar-refractivity contribution in [3.05, 3.63) is 52.9 Å². The lowest BCUT2D eigenvalue weighted by molar-refractivity contribution is -0.144. The Kier molecular flexibility index (Phi) is 21.1. The molecule has 5 heterocycles. The minimum Gasteiger partial charge on any atom is -0.490 e. The third-order valence-electron chi connectivity index (χ3n) is 12.9. The Labute approximate surface area is 443 Å². The zero-order valence-corrected chi connectivity index (χ0v) is 45.4. The first-order valence-electron chi connectivity index (χ1n) is 26.2. The molecule has 21 heteroatoms. The SMILES string of the molecule is CCn1c(-c2nonc2N)nc2c(C#CC(C)(C)O)ncc(OCCCNCCCC(=O)NCCCCCCCCCC(=O)NC(C(=O)N3C[C@H](O)C[C@H]3C(=O)NCc3ccc(-c4scnc4C)cc3)C(C)(C)C)c21. The Bertz CT molecular complexity index is 2750. The number of carbonyl (C=O) groups excluding carboxylic acids is 4. The number of unbranched alkanes of at least 4 members (excludes halogenated alkanes) is 6. The molecule has 75 heavy (non-hydrogen) atoms. The van der Waals surface area contributed by atoms with Crippen LogP contribution >= 0.6 is 11.3 Å². The quantitative estimate of drug-likeness (QED) is 0.0241. The summed E-state index contributed by atoms with van der Waals surface area (Å²) in [5, 5.41) is 40.7. The van der Waals surface area contributed by atoms with Gasteiger partial charge < -0.3 is 51.4 Å². The minimum atomic E-state index is -1.23. The van der Waals surface area contributed by atoms with Gasteiger partial charge in [0.1, 0.15) is 34.4 Å². The van der Waals surface area contributed by atoms with E-state index in [2.05, 4.69) is 53.4 Å². The molecule has 1 unspecified atom stereocenters. The van der Waals surface area contributed by atoms with Gasteiger partial charge in [-0.05, 0) is 99.2 Å². The second kappa shape index (κ2) is 27.4. The number of aliphatic hydroxyl groups is 2. The van der Waals surface area contributed by atoms with Crippen molar-refractivity contribution in [3.63, 3.8) is 0 Å². The molecule has 4 amide bonds. The molecule has 0 saturated carbocycles. The van der Waals surface area contributed by atoms with Gasteiger partial charge >= 0.3 is 0 Å². The predicted octanol–water partition coefficient (Wildman–Crippen LogP) is 5.82. The summed E-state index contributed by atoms with van der Waals surface area (Å²) in [6, 6.07) is 6.21. The van der Waals surface area contributed by atoms with Crippen molar-refractivity contribution in [3.8, 4) is 39.5 Å². The lowest BCUT2D eigenvalue weighted by Gasteiger charge is -2.35. The number of nitrogens with zero attached hydrogens (tertiary/aromatic N) is 7. The number of fused-ring (bicyclic) bond motifs is 1. The first kappa shape index (κ1) is 57.8. The summed E-state index contributed by atoms with van der Waals surface area (Å²) in [5.74, 6) is 5.91. The van der Waals surface area contributed by atoms with E-state index in [1.54, 1.807) is 31.4 Å². The van der Waals surface area contributed by atoms with Crippen LogP contribution in [-0.2, 0) is 32.3 Å². The number of rotatable bonds is 27. The number of benzene rings is 1. The fraction of sp³-hybridized carbons (Fsp3) is 0.574. The Morgan fingerprint density at radius 2 is 1.63 bits per heavy atom. The van der Waals surface area contributed by atoms with Crippen molar-refractivity contribution in [2.75, 3.05) is 38.5 Å². The van der Waals surface area contributed by atoms with Gasteiger partial charge in [-0.1, -0.05) is 83.1 Å². The Hall–Kier alpha value is -6.47. The average Bonchev–Trinajstić information content (AvgIpc) is 4.18. The van der Waals surface area contributed by atoms with E-state index in [4.69, 9.17) is 20.1 Å². The maximum Gasteiger partial charge on any atom is 0.246 e. The van der Waals surface area contributed by atoms with Crippen molar-refractivity contribution >= 4 is 51.8 Å². The number of thiazole rings is 1. The average molecular weight is 1050 g/mol. The number of anilines is 1. The standard InChI is InChI=1S/C54H76N12O8S/c1-8-65-46-41(32-58-39(24-25-54(6,7)72)44(46)62-50(65)45-49(55)64-74-63-45)73-29-17-27-56-26-16-19-42(68)57-28-15-13-11-9-10-12-14-18-43(69)61-48(53(3,4)5)52(71)66-33-38(67)30-40(66)51(70)59-31-36-20-22-37(23-21-36)47-35(2)60-34-75-47/h20-23,32,34,38,40,48,56,67,72H,8-19,26-31,33H2,1-7H3,(H2,55,64)(H,57,68)(H,59,70)(H,61,69)/t38-,40+,48?/m1/s1. The van der Waals surface area contributed by atoms with E-state index in [0.717, 1.165) is 60.2 Å². The lowest BCUT2D eigenvalue weighted by atomic mass is 9.85. The molecule has 20 nitrogen and oxygen atoms in total. The largest absolute Gasteiger partial charge is 0.490 e. The topological polar surface area (TPSA) is 278 Å². The highest BCUT2D eigenvalue weighted by molar-refractivity contribution is 7.13. The van der Waals surface area contributed by atoms with Gasteiger partial charge in [-0.3, -0.25) is 19.2 Å². The second-order valence-corrected chi connectivity index (χ2v) is 21.6. The number of aliphatic hydroxyl groups excluding tert-OH is 1. The van der Waals surface area contributed by atoms with Gasteiger partial charge in [-0.15, -0.1) is 11.3 Å². The number of ether oxygens (including phenoxy) is 1. The number of likely N-dealkylation sites (tertiary alicyclic amines) is 1. The summed E-state index contributed by atoms with van der Waals surface area (Å²) in [7, 11) is 0.